The monoisotopic (exact) mass is 266 g/mol. The lowest BCUT2D eigenvalue weighted by Gasteiger charge is -2.11. The molecule has 2 aromatic rings. The maximum atomic E-state index is 10.9. The second-order valence-electron chi connectivity index (χ2n) is 4.56. The number of allylic oxidation sites excluding steroid dienone is 3. The zero-order valence-corrected chi connectivity index (χ0v) is 11.8. The molecule has 0 atom stereocenters. The molecule has 3 heteroatoms. The number of rotatable bonds is 5. The van der Waals surface area contributed by atoms with Gasteiger partial charge in [0.25, 0.3) is 0 Å². The highest BCUT2D eigenvalue weighted by molar-refractivity contribution is 5.81. The van der Waals surface area contributed by atoms with E-state index in [1.54, 1.807) is 6.92 Å². The Bertz CT molecular complexity index is 666. The molecule has 0 bridgehead atoms. The van der Waals surface area contributed by atoms with Gasteiger partial charge in [0.1, 0.15) is 6.29 Å². The third-order valence-corrected chi connectivity index (χ3v) is 3.14. The van der Waals surface area contributed by atoms with Crippen LogP contribution in [0.4, 0.5) is 0 Å². The minimum Gasteiger partial charge on any atom is -0.381 e. The Labute approximate surface area is 119 Å². The summed E-state index contributed by atoms with van der Waals surface area (Å²) >= 11 is 0. The van der Waals surface area contributed by atoms with Gasteiger partial charge in [-0.15, -0.1) is 0 Å². The topological polar surface area (TPSA) is 42.0 Å². The normalized spacial score (nSPS) is 12.5. The Hall–Kier alpha value is -2.42. The van der Waals surface area contributed by atoms with Gasteiger partial charge in [0.2, 0.25) is 0 Å². The summed E-state index contributed by atoms with van der Waals surface area (Å²) in [5.41, 5.74) is 3.69. The van der Waals surface area contributed by atoms with Crippen LogP contribution in [0.3, 0.4) is 0 Å². The maximum absolute atomic E-state index is 10.9. The summed E-state index contributed by atoms with van der Waals surface area (Å²) in [5, 5.41) is 4.44. The van der Waals surface area contributed by atoms with Crippen molar-refractivity contribution in [1.82, 2.24) is 10.3 Å². The zero-order valence-electron chi connectivity index (χ0n) is 11.8. The van der Waals surface area contributed by atoms with Crippen LogP contribution in [0, 0.1) is 0 Å². The molecule has 0 aliphatic heterocycles. The summed E-state index contributed by atoms with van der Waals surface area (Å²) in [6.07, 6.45) is 6.51. The molecule has 1 aromatic carbocycles. The van der Waals surface area contributed by atoms with Gasteiger partial charge >= 0.3 is 0 Å². The van der Waals surface area contributed by atoms with Crippen LogP contribution in [0.25, 0.3) is 10.9 Å². The minimum absolute atomic E-state index is 0.661. The van der Waals surface area contributed by atoms with Crippen molar-refractivity contribution in [2.75, 3.05) is 0 Å². The van der Waals surface area contributed by atoms with Gasteiger partial charge in [-0.1, -0.05) is 24.3 Å². The number of hydrogen-bond acceptors (Lipinski definition) is 3. The zero-order chi connectivity index (χ0) is 14.4. The molecule has 1 N–H and O–H groups in total. The number of carbonyl (C=O) groups excluding carboxylic acids is 1. The van der Waals surface area contributed by atoms with E-state index in [0.717, 1.165) is 28.4 Å². The minimum atomic E-state index is 0.661. The van der Waals surface area contributed by atoms with Crippen LogP contribution in [-0.2, 0) is 11.3 Å². The number of aromatic nitrogens is 1. The molecule has 0 aliphatic carbocycles. The van der Waals surface area contributed by atoms with E-state index in [0.29, 0.717) is 12.1 Å². The first-order chi connectivity index (χ1) is 9.76. The van der Waals surface area contributed by atoms with Crippen LogP contribution in [-0.4, -0.2) is 11.3 Å². The Morgan fingerprint density at radius 3 is 2.85 bits per heavy atom. The average Bonchev–Trinajstić information content (AvgIpc) is 2.50. The highest BCUT2D eigenvalue weighted by Gasteiger charge is 2.03. The first-order valence-electron chi connectivity index (χ1n) is 6.61. The first kappa shape index (κ1) is 14.0. The quantitative estimate of drug-likeness (QED) is 0.512. The van der Waals surface area contributed by atoms with Crippen molar-refractivity contribution in [3.8, 4) is 0 Å². The lowest BCUT2D eigenvalue weighted by atomic mass is 10.1. The highest BCUT2D eigenvalue weighted by Crippen LogP contribution is 2.16. The molecular weight excluding hydrogens is 248 g/mol. The van der Waals surface area contributed by atoms with Gasteiger partial charge in [0.15, 0.2) is 0 Å². The van der Waals surface area contributed by atoms with Gasteiger partial charge in [-0.25, -0.2) is 0 Å². The fraction of sp³-hybridized carbons (Fsp3) is 0.176. The molecule has 0 saturated carbocycles. The third-order valence-electron chi connectivity index (χ3n) is 3.14. The summed E-state index contributed by atoms with van der Waals surface area (Å²) in [5.74, 6) is 0. The number of aldehydes is 1. The van der Waals surface area contributed by atoms with E-state index >= 15 is 0 Å². The van der Waals surface area contributed by atoms with E-state index in [1.807, 2.05) is 49.5 Å². The Morgan fingerprint density at radius 1 is 1.30 bits per heavy atom. The molecule has 1 heterocycles. The maximum Gasteiger partial charge on any atom is 0.147 e. The fourth-order valence-electron chi connectivity index (χ4n) is 2.06. The number of pyridine rings is 1. The molecule has 2 rings (SSSR count). The van der Waals surface area contributed by atoms with Crippen LogP contribution >= 0.6 is 0 Å². The number of carbonyl (C=O) groups is 1. The van der Waals surface area contributed by atoms with Gasteiger partial charge in [0.05, 0.1) is 5.52 Å². The molecule has 0 saturated heterocycles. The van der Waals surface area contributed by atoms with E-state index in [-0.39, 0.29) is 0 Å². The van der Waals surface area contributed by atoms with E-state index < -0.39 is 0 Å². The standard InChI is InChI=1S/C17H18N2O/c1-3-6-16(13(2)12-20)19-11-14-9-10-18-17-8-5-4-7-15(14)17/h3-10,12,19H,11H2,1-2H3/b6-3-,16-13-. The number of nitrogens with one attached hydrogen (secondary N) is 1. The van der Waals surface area contributed by atoms with E-state index in [1.165, 1.54) is 0 Å². The number of para-hydroxylation sites is 1. The second-order valence-corrected chi connectivity index (χ2v) is 4.56. The Kier molecular flexibility index (Phi) is 4.66. The van der Waals surface area contributed by atoms with E-state index in [2.05, 4.69) is 16.4 Å². The summed E-state index contributed by atoms with van der Waals surface area (Å²) < 4.78 is 0. The van der Waals surface area contributed by atoms with Crippen LogP contribution in [0.5, 0.6) is 0 Å². The van der Waals surface area contributed by atoms with Crippen molar-refractivity contribution in [2.24, 2.45) is 0 Å². The molecule has 0 radical (unpaired) electrons. The van der Waals surface area contributed by atoms with Crippen molar-refractivity contribution in [2.45, 2.75) is 20.4 Å². The fourth-order valence-corrected chi connectivity index (χ4v) is 2.06. The molecule has 0 unspecified atom stereocenters. The van der Waals surface area contributed by atoms with Crippen LogP contribution in [0.2, 0.25) is 0 Å². The van der Waals surface area contributed by atoms with Gasteiger partial charge in [-0.3, -0.25) is 9.78 Å². The number of nitrogens with zero attached hydrogens (tertiary/aromatic N) is 1. The van der Waals surface area contributed by atoms with Crippen molar-refractivity contribution in [1.29, 1.82) is 0 Å². The van der Waals surface area contributed by atoms with Crippen molar-refractivity contribution < 1.29 is 4.79 Å². The molecule has 20 heavy (non-hydrogen) atoms. The van der Waals surface area contributed by atoms with Gasteiger partial charge in [0, 0.05) is 29.4 Å². The Balaban J connectivity index is 2.27. The number of benzene rings is 1. The third kappa shape index (κ3) is 3.12. The molecular formula is C17H18N2O. The van der Waals surface area contributed by atoms with Crippen LogP contribution in [0.1, 0.15) is 19.4 Å². The van der Waals surface area contributed by atoms with Gasteiger partial charge < -0.3 is 5.32 Å². The van der Waals surface area contributed by atoms with Crippen molar-refractivity contribution in [3.63, 3.8) is 0 Å². The number of fused-ring (bicyclic) bond motifs is 1. The molecule has 0 spiro atoms. The average molecular weight is 266 g/mol. The summed E-state index contributed by atoms with van der Waals surface area (Å²) in [6.45, 7) is 4.40. The predicted molar refractivity (Wildman–Crippen MR) is 82.2 cm³/mol. The Morgan fingerprint density at radius 2 is 2.10 bits per heavy atom. The largest absolute Gasteiger partial charge is 0.381 e. The SMILES string of the molecule is C/C=C\C(NCc1ccnc2ccccc12)=C(/C)C=O. The van der Waals surface area contributed by atoms with E-state index in [9.17, 15) is 4.79 Å². The molecule has 0 fully saturated rings. The molecule has 3 nitrogen and oxygen atoms in total. The number of hydrogen-bond donors (Lipinski definition) is 1. The lowest BCUT2D eigenvalue weighted by molar-refractivity contribution is -0.104. The van der Waals surface area contributed by atoms with Crippen molar-refractivity contribution >= 4 is 17.2 Å². The highest BCUT2D eigenvalue weighted by atomic mass is 16.1. The smallest absolute Gasteiger partial charge is 0.147 e. The van der Waals surface area contributed by atoms with Crippen LogP contribution < -0.4 is 5.32 Å². The summed E-state index contributed by atoms with van der Waals surface area (Å²) in [6, 6.07) is 10.0. The second kappa shape index (κ2) is 6.66. The molecule has 1 aromatic heterocycles. The van der Waals surface area contributed by atoms with Gasteiger partial charge in [-0.05, 0) is 37.6 Å². The lowest BCUT2D eigenvalue weighted by Crippen LogP contribution is -2.13. The van der Waals surface area contributed by atoms with E-state index in [4.69, 9.17) is 0 Å². The predicted octanol–water partition coefficient (Wildman–Crippen LogP) is 3.37. The van der Waals surface area contributed by atoms with Gasteiger partial charge in [-0.2, -0.15) is 0 Å². The van der Waals surface area contributed by atoms with Crippen LogP contribution in [0.15, 0.2) is 60.0 Å². The molecule has 0 amide bonds. The van der Waals surface area contributed by atoms with Crippen molar-refractivity contribution in [3.05, 3.63) is 65.5 Å². The molecule has 102 valence electrons. The summed E-state index contributed by atoms with van der Waals surface area (Å²) in [4.78, 5) is 15.2. The first-order valence-corrected chi connectivity index (χ1v) is 6.61. The molecule has 0 aliphatic rings. The summed E-state index contributed by atoms with van der Waals surface area (Å²) in [7, 11) is 0.